The van der Waals surface area contributed by atoms with E-state index >= 15 is 0 Å². The van der Waals surface area contributed by atoms with E-state index in [0.717, 1.165) is 18.1 Å². The van der Waals surface area contributed by atoms with Crippen molar-refractivity contribution in [1.29, 1.82) is 0 Å². The zero-order chi connectivity index (χ0) is 12.3. The number of rotatable bonds is 3. The Kier molecular flexibility index (Phi) is 4.43. The molecule has 0 radical (unpaired) electrons. The lowest BCUT2D eigenvalue weighted by atomic mass is 9.97. The fourth-order valence-electron chi connectivity index (χ4n) is 2.73. The Bertz CT molecular complexity index is 359. The molecule has 0 saturated carbocycles. The van der Waals surface area contributed by atoms with E-state index in [9.17, 15) is 0 Å². The summed E-state index contributed by atoms with van der Waals surface area (Å²) >= 11 is 6.07. The first kappa shape index (κ1) is 12.9. The lowest BCUT2D eigenvalue weighted by Crippen LogP contribution is -2.42. The van der Waals surface area contributed by atoms with Crippen molar-refractivity contribution in [2.75, 3.05) is 13.1 Å². The first-order valence-electron chi connectivity index (χ1n) is 6.43. The van der Waals surface area contributed by atoms with Crippen molar-refractivity contribution < 1.29 is 0 Å². The van der Waals surface area contributed by atoms with Crippen LogP contribution in [0.25, 0.3) is 0 Å². The maximum atomic E-state index is 6.16. The van der Waals surface area contributed by atoms with Crippen LogP contribution in [0.4, 0.5) is 0 Å². The number of nitrogens with zero attached hydrogens (tertiary/aromatic N) is 1. The number of halogens is 1. The van der Waals surface area contributed by atoms with Crippen molar-refractivity contribution in [3.8, 4) is 0 Å². The highest BCUT2D eigenvalue weighted by atomic mass is 35.5. The minimum absolute atomic E-state index is 0.131. The molecule has 2 nitrogen and oxygen atoms in total. The van der Waals surface area contributed by atoms with E-state index in [2.05, 4.69) is 17.9 Å². The molecule has 0 spiro atoms. The second kappa shape index (κ2) is 5.85. The molecule has 1 aliphatic heterocycles. The second-order valence-corrected chi connectivity index (χ2v) is 5.39. The van der Waals surface area contributed by atoms with Crippen LogP contribution in [0.1, 0.15) is 37.8 Å². The van der Waals surface area contributed by atoms with E-state index in [1.165, 1.54) is 24.8 Å². The van der Waals surface area contributed by atoms with E-state index in [1.54, 1.807) is 0 Å². The van der Waals surface area contributed by atoms with Crippen LogP contribution in [0.5, 0.6) is 0 Å². The smallest absolute Gasteiger partial charge is 0.0496 e. The highest BCUT2D eigenvalue weighted by molar-refractivity contribution is 6.30. The van der Waals surface area contributed by atoms with Crippen molar-refractivity contribution >= 4 is 11.6 Å². The average molecular weight is 253 g/mol. The Labute approximate surface area is 109 Å². The molecule has 3 heteroatoms. The summed E-state index contributed by atoms with van der Waals surface area (Å²) < 4.78 is 0. The van der Waals surface area contributed by atoms with Crippen LogP contribution in [0.3, 0.4) is 0 Å². The Morgan fingerprint density at radius 3 is 2.53 bits per heavy atom. The minimum Gasteiger partial charge on any atom is -0.326 e. The second-order valence-electron chi connectivity index (χ2n) is 4.96. The van der Waals surface area contributed by atoms with Crippen LogP contribution < -0.4 is 5.73 Å². The SMILES string of the molecule is CC(N)C(c1cccc(Cl)c1)N1CCCCC1. The molecule has 1 heterocycles. The molecule has 1 aromatic rings. The van der Waals surface area contributed by atoms with Crippen molar-refractivity contribution in [3.63, 3.8) is 0 Å². The van der Waals surface area contributed by atoms with Gasteiger partial charge in [-0.25, -0.2) is 0 Å². The Morgan fingerprint density at radius 2 is 1.94 bits per heavy atom. The number of hydrogen-bond acceptors (Lipinski definition) is 2. The number of hydrogen-bond donors (Lipinski definition) is 1. The molecular formula is C14H21ClN2. The van der Waals surface area contributed by atoms with E-state index in [-0.39, 0.29) is 6.04 Å². The fraction of sp³-hybridized carbons (Fsp3) is 0.571. The van der Waals surface area contributed by atoms with Crippen molar-refractivity contribution in [2.45, 2.75) is 38.3 Å². The third kappa shape index (κ3) is 3.21. The summed E-state index contributed by atoms with van der Waals surface area (Å²) in [4.78, 5) is 2.50. The quantitative estimate of drug-likeness (QED) is 0.895. The van der Waals surface area contributed by atoms with Gasteiger partial charge in [0, 0.05) is 17.1 Å². The molecule has 2 rings (SSSR count). The fourth-order valence-corrected chi connectivity index (χ4v) is 2.93. The highest BCUT2D eigenvalue weighted by Crippen LogP contribution is 2.28. The van der Waals surface area contributed by atoms with Crippen LogP contribution >= 0.6 is 11.6 Å². The molecule has 1 fully saturated rings. The summed E-state index contributed by atoms with van der Waals surface area (Å²) in [5, 5.41) is 0.796. The van der Waals surface area contributed by atoms with Crippen molar-refractivity contribution in [1.82, 2.24) is 4.90 Å². The summed E-state index contributed by atoms with van der Waals surface area (Å²) in [7, 11) is 0. The molecule has 2 N–H and O–H groups in total. The van der Waals surface area contributed by atoms with Crippen LogP contribution in [0.2, 0.25) is 5.02 Å². The molecular weight excluding hydrogens is 232 g/mol. The van der Waals surface area contributed by atoms with Crippen molar-refractivity contribution in [3.05, 3.63) is 34.9 Å². The number of piperidine rings is 1. The topological polar surface area (TPSA) is 29.3 Å². The van der Waals surface area contributed by atoms with Gasteiger partial charge in [-0.2, -0.15) is 0 Å². The van der Waals surface area contributed by atoms with Crippen LogP contribution in [0.15, 0.2) is 24.3 Å². The molecule has 0 bridgehead atoms. The molecule has 17 heavy (non-hydrogen) atoms. The van der Waals surface area contributed by atoms with E-state index in [4.69, 9.17) is 17.3 Å². The summed E-state index contributed by atoms with van der Waals surface area (Å²) in [5.74, 6) is 0. The van der Waals surface area contributed by atoms with Gasteiger partial charge in [0.2, 0.25) is 0 Å². The van der Waals surface area contributed by atoms with Gasteiger partial charge in [-0.1, -0.05) is 30.2 Å². The van der Waals surface area contributed by atoms with Gasteiger partial charge in [0.15, 0.2) is 0 Å². The standard InChI is InChI=1S/C14H21ClN2/c1-11(16)14(17-8-3-2-4-9-17)12-6-5-7-13(15)10-12/h5-7,10-11,14H,2-4,8-9,16H2,1H3. The van der Waals surface area contributed by atoms with Gasteiger partial charge < -0.3 is 5.73 Å². The summed E-state index contributed by atoms with van der Waals surface area (Å²) in [6.07, 6.45) is 3.91. The predicted octanol–water partition coefficient (Wildman–Crippen LogP) is 3.21. The molecule has 1 saturated heterocycles. The van der Waals surface area contributed by atoms with Gasteiger partial charge in [0.05, 0.1) is 0 Å². The summed E-state index contributed by atoms with van der Waals surface area (Å²) in [6.45, 7) is 4.39. The number of nitrogens with two attached hydrogens (primary N) is 1. The number of likely N-dealkylation sites (tertiary alicyclic amines) is 1. The maximum absolute atomic E-state index is 6.16. The Balaban J connectivity index is 2.21. The Hall–Kier alpha value is -0.570. The van der Waals surface area contributed by atoms with Crippen LogP contribution in [-0.4, -0.2) is 24.0 Å². The van der Waals surface area contributed by atoms with Gasteiger partial charge in [-0.05, 0) is 50.6 Å². The Morgan fingerprint density at radius 1 is 1.24 bits per heavy atom. The van der Waals surface area contributed by atoms with E-state index in [0.29, 0.717) is 6.04 Å². The molecule has 1 aromatic carbocycles. The molecule has 2 unspecified atom stereocenters. The van der Waals surface area contributed by atoms with Crippen LogP contribution in [0, 0.1) is 0 Å². The monoisotopic (exact) mass is 252 g/mol. The third-order valence-electron chi connectivity index (χ3n) is 3.47. The van der Waals surface area contributed by atoms with Gasteiger partial charge >= 0.3 is 0 Å². The van der Waals surface area contributed by atoms with Gasteiger partial charge in [0.1, 0.15) is 0 Å². The molecule has 94 valence electrons. The highest BCUT2D eigenvalue weighted by Gasteiger charge is 2.25. The van der Waals surface area contributed by atoms with Crippen molar-refractivity contribution in [2.24, 2.45) is 5.73 Å². The molecule has 2 atom stereocenters. The lowest BCUT2D eigenvalue weighted by Gasteiger charge is -2.37. The zero-order valence-electron chi connectivity index (χ0n) is 10.4. The predicted molar refractivity (Wildman–Crippen MR) is 73.3 cm³/mol. The molecule has 0 aliphatic carbocycles. The first-order valence-corrected chi connectivity index (χ1v) is 6.81. The van der Waals surface area contributed by atoms with E-state index in [1.807, 2.05) is 18.2 Å². The maximum Gasteiger partial charge on any atom is 0.0496 e. The molecule has 1 aliphatic rings. The molecule has 0 amide bonds. The van der Waals surface area contributed by atoms with E-state index < -0.39 is 0 Å². The normalized spacial score (nSPS) is 21.1. The molecule has 0 aromatic heterocycles. The summed E-state index contributed by atoms with van der Waals surface area (Å²) in [6, 6.07) is 8.54. The van der Waals surface area contributed by atoms with Gasteiger partial charge in [-0.15, -0.1) is 0 Å². The zero-order valence-corrected chi connectivity index (χ0v) is 11.2. The van der Waals surface area contributed by atoms with Gasteiger partial charge in [-0.3, -0.25) is 4.90 Å². The largest absolute Gasteiger partial charge is 0.326 e. The lowest BCUT2D eigenvalue weighted by molar-refractivity contribution is 0.146. The average Bonchev–Trinajstić information content (AvgIpc) is 2.30. The first-order chi connectivity index (χ1) is 8.18. The minimum atomic E-state index is 0.131. The summed E-state index contributed by atoms with van der Waals surface area (Å²) in [5.41, 5.74) is 7.41. The third-order valence-corrected chi connectivity index (χ3v) is 3.71. The van der Waals surface area contributed by atoms with Crippen LogP contribution in [-0.2, 0) is 0 Å². The van der Waals surface area contributed by atoms with Gasteiger partial charge in [0.25, 0.3) is 0 Å². The number of benzene rings is 1.